The monoisotopic (exact) mass is 526 g/mol. The lowest BCUT2D eigenvalue weighted by molar-refractivity contribution is 0.0376. The summed E-state index contributed by atoms with van der Waals surface area (Å²) in [6.07, 6.45) is 3.64. The number of morpholine rings is 1. The highest BCUT2D eigenvalue weighted by Gasteiger charge is 2.09. The number of halogens is 1. The van der Waals surface area contributed by atoms with Crippen LogP contribution in [0, 0.1) is 13.8 Å². The average molecular weight is 526 g/mol. The Bertz CT molecular complexity index is 759. The number of hydrogen-bond donors (Lipinski definition) is 2. The molecule has 1 aliphatic heterocycles. The van der Waals surface area contributed by atoms with Gasteiger partial charge in [0, 0.05) is 32.6 Å². The molecule has 0 spiro atoms. The van der Waals surface area contributed by atoms with E-state index in [0.717, 1.165) is 70.5 Å². The summed E-state index contributed by atoms with van der Waals surface area (Å²) < 4.78 is 10.8. The molecule has 1 aromatic heterocycles. The zero-order valence-electron chi connectivity index (χ0n) is 18.2. The lowest BCUT2D eigenvalue weighted by Gasteiger charge is -2.26. The van der Waals surface area contributed by atoms with E-state index in [9.17, 15) is 0 Å². The Balaban J connectivity index is 0.00000320. The molecule has 2 heterocycles. The van der Waals surface area contributed by atoms with E-state index < -0.39 is 0 Å². The SMILES string of the molecule is Cc1ccc(CN=C(NCCCN2CCOCC2)NCCc2ccco2)c(C)c1.I. The number of benzene rings is 1. The molecule has 2 N–H and O–H groups in total. The van der Waals surface area contributed by atoms with Gasteiger partial charge in [-0.25, -0.2) is 4.99 Å². The van der Waals surface area contributed by atoms with E-state index in [2.05, 4.69) is 47.6 Å². The van der Waals surface area contributed by atoms with E-state index in [-0.39, 0.29) is 24.0 Å². The van der Waals surface area contributed by atoms with Crippen LogP contribution in [0.4, 0.5) is 0 Å². The summed E-state index contributed by atoms with van der Waals surface area (Å²) >= 11 is 0. The Hall–Kier alpha value is -1.58. The molecule has 1 saturated heterocycles. The molecule has 3 rings (SSSR count). The summed E-state index contributed by atoms with van der Waals surface area (Å²) in [4.78, 5) is 7.28. The molecule has 0 aliphatic carbocycles. The fourth-order valence-electron chi connectivity index (χ4n) is 3.45. The van der Waals surface area contributed by atoms with Gasteiger partial charge in [-0.15, -0.1) is 24.0 Å². The van der Waals surface area contributed by atoms with E-state index in [1.165, 1.54) is 16.7 Å². The Morgan fingerprint density at radius 1 is 1.10 bits per heavy atom. The number of hydrogen-bond acceptors (Lipinski definition) is 4. The molecule has 1 aliphatic rings. The van der Waals surface area contributed by atoms with Crippen molar-refractivity contribution in [1.82, 2.24) is 15.5 Å². The van der Waals surface area contributed by atoms with Crippen LogP contribution in [0.3, 0.4) is 0 Å². The summed E-state index contributed by atoms with van der Waals surface area (Å²) in [5.41, 5.74) is 3.83. The quantitative estimate of drug-likeness (QED) is 0.227. The summed E-state index contributed by atoms with van der Waals surface area (Å²) in [5, 5.41) is 6.93. The maximum absolute atomic E-state index is 5.42. The van der Waals surface area contributed by atoms with Crippen molar-refractivity contribution in [3.05, 3.63) is 59.0 Å². The van der Waals surface area contributed by atoms with Gasteiger partial charge in [0.1, 0.15) is 5.76 Å². The Labute approximate surface area is 197 Å². The highest BCUT2D eigenvalue weighted by molar-refractivity contribution is 14.0. The van der Waals surface area contributed by atoms with Crippen molar-refractivity contribution < 1.29 is 9.15 Å². The third-order valence-electron chi connectivity index (χ3n) is 5.20. The van der Waals surface area contributed by atoms with Gasteiger partial charge in [0.25, 0.3) is 0 Å². The second-order valence-corrected chi connectivity index (χ2v) is 7.59. The van der Waals surface area contributed by atoms with Crippen LogP contribution in [0.15, 0.2) is 46.0 Å². The van der Waals surface area contributed by atoms with Crippen molar-refractivity contribution in [2.45, 2.75) is 33.2 Å². The Kier molecular flexibility index (Phi) is 11.2. The number of nitrogens with zero attached hydrogens (tertiary/aromatic N) is 2. The fourth-order valence-corrected chi connectivity index (χ4v) is 3.45. The summed E-state index contributed by atoms with van der Waals surface area (Å²) in [7, 11) is 0. The minimum Gasteiger partial charge on any atom is -0.469 e. The highest BCUT2D eigenvalue weighted by atomic mass is 127. The normalized spacial score (nSPS) is 14.9. The van der Waals surface area contributed by atoms with Crippen molar-refractivity contribution in [3.63, 3.8) is 0 Å². The maximum atomic E-state index is 5.42. The molecule has 1 fully saturated rings. The zero-order valence-corrected chi connectivity index (χ0v) is 20.5. The van der Waals surface area contributed by atoms with Gasteiger partial charge in [0.05, 0.1) is 26.0 Å². The highest BCUT2D eigenvalue weighted by Crippen LogP contribution is 2.11. The van der Waals surface area contributed by atoms with E-state index in [0.29, 0.717) is 6.54 Å². The lowest BCUT2D eigenvalue weighted by Crippen LogP contribution is -2.41. The number of furan rings is 1. The van der Waals surface area contributed by atoms with Crippen molar-refractivity contribution in [2.24, 2.45) is 4.99 Å². The Morgan fingerprint density at radius 3 is 2.63 bits per heavy atom. The maximum Gasteiger partial charge on any atom is 0.191 e. The second kappa shape index (κ2) is 13.7. The number of aliphatic imine (C=N–C) groups is 1. The molecule has 1 aromatic carbocycles. The van der Waals surface area contributed by atoms with Crippen LogP contribution in [-0.4, -0.2) is 56.8 Å². The predicted octanol–water partition coefficient (Wildman–Crippen LogP) is 3.51. The van der Waals surface area contributed by atoms with Gasteiger partial charge in [0.15, 0.2) is 5.96 Å². The van der Waals surface area contributed by atoms with Crippen LogP contribution in [0.2, 0.25) is 0 Å². The van der Waals surface area contributed by atoms with Crippen LogP contribution in [0.1, 0.15) is 28.9 Å². The van der Waals surface area contributed by atoms with Crippen molar-refractivity contribution in [2.75, 3.05) is 45.9 Å². The molecule has 6 nitrogen and oxygen atoms in total. The van der Waals surface area contributed by atoms with Gasteiger partial charge >= 0.3 is 0 Å². The first-order valence-corrected chi connectivity index (χ1v) is 10.6. The van der Waals surface area contributed by atoms with Gasteiger partial charge in [-0.1, -0.05) is 23.8 Å². The minimum absolute atomic E-state index is 0. The van der Waals surface area contributed by atoms with Crippen molar-refractivity contribution >= 4 is 29.9 Å². The lowest BCUT2D eigenvalue weighted by atomic mass is 10.1. The standard InChI is InChI=1S/C23H34N4O2.HI/c1-19-6-7-21(20(2)17-19)18-26-23(25-10-8-22-5-3-14-29-22)24-9-4-11-27-12-15-28-16-13-27;/h3,5-7,14,17H,4,8-13,15-16,18H2,1-2H3,(H2,24,25,26);1H. The molecule has 0 saturated carbocycles. The molecular formula is C23H35IN4O2. The minimum atomic E-state index is 0. The molecule has 166 valence electrons. The summed E-state index contributed by atoms with van der Waals surface area (Å²) in [5.74, 6) is 1.84. The van der Waals surface area contributed by atoms with E-state index >= 15 is 0 Å². The third-order valence-corrected chi connectivity index (χ3v) is 5.20. The van der Waals surface area contributed by atoms with Crippen LogP contribution in [0.5, 0.6) is 0 Å². The van der Waals surface area contributed by atoms with Crippen molar-refractivity contribution in [3.8, 4) is 0 Å². The second-order valence-electron chi connectivity index (χ2n) is 7.59. The van der Waals surface area contributed by atoms with Gasteiger partial charge in [-0.2, -0.15) is 0 Å². The number of rotatable bonds is 9. The summed E-state index contributed by atoms with van der Waals surface area (Å²) in [6, 6.07) is 10.5. The number of aryl methyl sites for hydroxylation is 2. The molecular weight excluding hydrogens is 491 g/mol. The first kappa shape index (κ1) is 24.7. The number of nitrogens with one attached hydrogen (secondary N) is 2. The smallest absolute Gasteiger partial charge is 0.191 e. The molecule has 0 bridgehead atoms. The molecule has 30 heavy (non-hydrogen) atoms. The van der Waals surface area contributed by atoms with Crippen LogP contribution in [0.25, 0.3) is 0 Å². The van der Waals surface area contributed by atoms with Gasteiger partial charge in [-0.05, 0) is 50.1 Å². The first-order valence-electron chi connectivity index (χ1n) is 10.6. The van der Waals surface area contributed by atoms with Gasteiger partial charge in [-0.3, -0.25) is 4.90 Å². The largest absolute Gasteiger partial charge is 0.469 e. The van der Waals surface area contributed by atoms with E-state index in [1.54, 1.807) is 6.26 Å². The molecule has 0 radical (unpaired) electrons. The van der Waals surface area contributed by atoms with Crippen LogP contribution < -0.4 is 10.6 Å². The Morgan fingerprint density at radius 2 is 1.90 bits per heavy atom. The topological polar surface area (TPSA) is 62.0 Å². The molecule has 0 amide bonds. The van der Waals surface area contributed by atoms with E-state index in [1.807, 2.05) is 12.1 Å². The zero-order chi connectivity index (χ0) is 20.3. The predicted molar refractivity (Wildman–Crippen MR) is 133 cm³/mol. The van der Waals surface area contributed by atoms with E-state index in [4.69, 9.17) is 14.1 Å². The van der Waals surface area contributed by atoms with Crippen molar-refractivity contribution in [1.29, 1.82) is 0 Å². The number of guanidine groups is 1. The van der Waals surface area contributed by atoms with Gasteiger partial charge in [0.2, 0.25) is 0 Å². The average Bonchev–Trinajstić information content (AvgIpc) is 3.24. The molecule has 0 atom stereocenters. The first-order chi connectivity index (χ1) is 14.2. The molecule has 0 unspecified atom stereocenters. The molecule has 7 heteroatoms. The molecule has 2 aromatic rings. The van der Waals surface area contributed by atoms with Crippen LogP contribution >= 0.6 is 24.0 Å². The number of ether oxygens (including phenoxy) is 1. The van der Waals surface area contributed by atoms with Crippen LogP contribution in [-0.2, 0) is 17.7 Å². The summed E-state index contributed by atoms with van der Waals surface area (Å²) in [6.45, 7) is 11.5. The third kappa shape index (κ3) is 8.65. The fraction of sp³-hybridized carbons (Fsp3) is 0.522. The van der Waals surface area contributed by atoms with Gasteiger partial charge < -0.3 is 19.8 Å².